The molecule has 0 saturated heterocycles. The molecular formula is C19H20N4O2. The molecule has 0 unspecified atom stereocenters. The van der Waals surface area contributed by atoms with Gasteiger partial charge in [0.1, 0.15) is 5.69 Å². The predicted octanol–water partition coefficient (Wildman–Crippen LogP) is 2.76. The van der Waals surface area contributed by atoms with E-state index in [1.165, 1.54) is 0 Å². The van der Waals surface area contributed by atoms with E-state index in [-0.39, 0.29) is 5.91 Å². The average molecular weight is 336 g/mol. The molecule has 1 N–H and O–H groups in total. The number of benzene rings is 1. The number of nitrogens with zero attached hydrogens (tertiary/aromatic N) is 3. The first-order chi connectivity index (χ1) is 12.3. The molecule has 3 rings (SSSR count). The molecular weight excluding hydrogens is 316 g/mol. The maximum absolute atomic E-state index is 12.9. The number of hydrogen-bond donors (Lipinski definition) is 1. The van der Waals surface area contributed by atoms with Crippen molar-refractivity contribution in [2.24, 2.45) is 0 Å². The van der Waals surface area contributed by atoms with Gasteiger partial charge >= 0.3 is 0 Å². The van der Waals surface area contributed by atoms with E-state index < -0.39 is 0 Å². The lowest BCUT2D eigenvalue weighted by molar-refractivity contribution is 0.0674. The van der Waals surface area contributed by atoms with Gasteiger partial charge in [-0.3, -0.25) is 14.9 Å². The van der Waals surface area contributed by atoms with E-state index in [9.17, 15) is 4.79 Å². The van der Waals surface area contributed by atoms with Crippen LogP contribution in [0.1, 0.15) is 16.1 Å². The van der Waals surface area contributed by atoms with E-state index in [1.54, 1.807) is 30.5 Å². The van der Waals surface area contributed by atoms with Crippen LogP contribution in [0.15, 0.2) is 60.9 Å². The third kappa shape index (κ3) is 4.30. The van der Waals surface area contributed by atoms with Gasteiger partial charge in [-0.2, -0.15) is 5.10 Å². The first-order valence-electron chi connectivity index (χ1n) is 8.06. The fourth-order valence-corrected chi connectivity index (χ4v) is 2.52. The van der Waals surface area contributed by atoms with Gasteiger partial charge in [0.05, 0.1) is 12.3 Å². The van der Waals surface area contributed by atoms with Gasteiger partial charge in [0.25, 0.3) is 5.91 Å². The highest BCUT2D eigenvalue weighted by molar-refractivity contribution is 5.93. The molecule has 0 bridgehead atoms. The second-order valence-corrected chi connectivity index (χ2v) is 5.61. The van der Waals surface area contributed by atoms with Crippen molar-refractivity contribution in [3.8, 4) is 11.3 Å². The lowest BCUT2D eigenvalue weighted by atomic mass is 10.1. The molecule has 2 aromatic heterocycles. The third-order valence-electron chi connectivity index (χ3n) is 3.83. The van der Waals surface area contributed by atoms with Crippen LogP contribution in [0.2, 0.25) is 0 Å². The Morgan fingerprint density at radius 1 is 1.20 bits per heavy atom. The van der Waals surface area contributed by atoms with Crippen molar-refractivity contribution < 1.29 is 9.53 Å². The Labute approximate surface area is 146 Å². The van der Waals surface area contributed by atoms with E-state index in [4.69, 9.17) is 4.74 Å². The Bertz CT molecular complexity index is 803. The molecule has 0 spiro atoms. The molecule has 0 aliphatic rings. The highest BCUT2D eigenvalue weighted by Crippen LogP contribution is 2.18. The van der Waals surface area contributed by atoms with Crippen LogP contribution < -0.4 is 0 Å². The lowest BCUT2D eigenvalue weighted by Crippen LogP contribution is -2.33. The summed E-state index contributed by atoms with van der Waals surface area (Å²) in [7, 11) is 1.62. The van der Waals surface area contributed by atoms with Crippen LogP contribution in [0.5, 0.6) is 0 Å². The maximum atomic E-state index is 12.9. The van der Waals surface area contributed by atoms with Gasteiger partial charge in [-0.1, -0.05) is 36.4 Å². The monoisotopic (exact) mass is 336 g/mol. The number of ether oxygens (including phenoxy) is 1. The number of carbonyl (C=O) groups excluding carboxylic acids is 1. The number of carbonyl (C=O) groups is 1. The predicted molar refractivity (Wildman–Crippen MR) is 94.9 cm³/mol. The van der Waals surface area contributed by atoms with E-state index in [0.717, 1.165) is 16.8 Å². The number of H-pyrrole nitrogens is 1. The van der Waals surface area contributed by atoms with Crippen LogP contribution in [0.3, 0.4) is 0 Å². The Morgan fingerprint density at radius 2 is 2.04 bits per heavy atom. The number of methoxy groups -OCH3 is 1. The summed E-state index contributed by atoms with van der Waals surface area (Å²) in [6.45, 7) is 1.42. The zero-order valence-electron chi connectivity index (χ0n) is 14.1. The summed E-state index contributed by atoms with van der Waals surface area (Å²) in [6.07, 6.45) is 3.47. The number of hydrogen-bond acceptors (Lipinski definition) is 4. The third-order valence-corrected chi connectivity index (χ3v) is 3.83. The minimum Gasteiger partial charge on any atom is -0.383 e. The van der Waals surface area contributed by atoms with E-state index in [1.807, 2.05) is 42.5 Å². The zero-order valence-corrected chi connectivity index (χ0v) is 14.1. The molecule has 0 aliphatic carbocycles. The smallest absolute Gasteiger partial charge is 0.272 e. The first kappa shape index (κ1) is 16.9. The highest BCUT2D eigenvalue weighted by Gasteiger charge is 2.19. The molecule has 128 valence electrons. The molecule has 2 heterocycles. The van der Waals surface area contributed by atoms with E-state index in [2.05, 4.69) is 15.2 Å². The molecule has 6 nitrogen and oxygen atoms in total. The molecule has 25 heavy (non-hydrogen) atoms. The summed E-state index contributed by atoms with van der Waals surface area (Å²) in [6, 6.07) is 15.3. The Kier molecular flexibility index (Phi) is 5.53. The number of rotatable bonds is 7. The minimum absolute atomic E-state index is 0.115. The Morgan fingerprint density at radius 3 is 2.76 bits per heavy atom. The van der Waals surface area contributed by atoms with Crippen LogP contribution in [-0.2, 0) is 11.3 Å². The molecule has 0 fully saturated rings. The molecule has 1 amide bonds. The van der Waals surface area contributed by atoms with Crippen LogP contribution in [0.4, 0.5) is 0 Å². The molecule has 0 radical (unpaired) electrons. The van der Waals surface area contributed by atoms with Crippen molar-refractivity contribution in [3.05, 3.63) is 72.2 Å². The molecule has 1 aromatic carbocycles. The van der Waals surface area contributed by atoms with Gasteiger partial charge in [-0.05, 0) is 17.7 Å². The van der Waals surface area contributed by atoms with Crippen molar-refractivity contribution in [2.75, 3.05) is 20.3 Å². The number of aromatic amines is 1. The standard InChI is InChI=1S/C19H20N4O2/c1-25-11-10-23(14-15-6-5-9-20-13-15)19(24)18-12-17(21-22-18)16-7-3-2-4-8-16/h2-9,12-13H,10-11,14H2,1H3,(H,21,22). The fourth-order valence-electron chi connectivity index (χ4n) is 2.52. The summed E-state index contributed by atoms with van der Waals surface area (Å²) < 4.78 is 5.14. The second kappa shape index (κ2) is 8.21. The molecule has 0 saturated carbocycles. The summed E-state index contributed by atoms with van der Waals surface area (Å²) in [5, 5.41) is 7.11. The number of nitrogens with one attached hydrogen (secondary N) is 1. The second-order valence-electron chi connectivity index (χ2n) is 5.61. The molecule has 0 atom stereocenters. The number of aromatic nitrogens is 3. The van der Waals surface area contributed by atoms with Gasteiger partial charge in [0.2, 0.25) is 0 Å². The zero-order chi connectivity index (χ0) is 17.5. The minimum atomic E-state index is -0.115. The first-order valence-corrected chi connectivity index (χ1v) is 8.06. The van der Waals surface area contributed by atoms with Gasteiger partial charge in [-0.25, -0.2) is 0 Å². The van der Waals surface area contributed by atoms with Crippen molar-refractivity contribution in [3.63, 3.8) is 0 Å². The fraction of sp³-hybridized carbons (Fsp3) is 0.211. The van der Waals surface area contributed by atoms with Crippen LogP contribution in [0, 0.1) is 0 Å². The Hall–Kier alpha value is -2.99. The van der Waals surface area contributed by atoms with Crippen molar-refractivity contribution >= 4 is 5.91 Å². The van der Waals surface area contributed by atoms with Gasteiger partial charge < -0.3 is 9.64 Å². The van der Waals surface area contributed by atoms with Gasteiger partial charge in [0.15, 0.2) is 0 Å². The van der Waals surface area contributed by atoms with E-state index in [0.29, 0.717) is 25.4 Å². The van der Waals surface area contributed by atoms with Crippen molar-refractivity contribution in [1.29, 1.82) is 0 Å². The van der Waals surface area contributed by atoms with Crippen molar-refractivity contribution in [1.82, 2.24) is 20.1 Å². The lowest BCUT2D eigenvalue weighted by Gasteiger charge is -2.21. The molecule has 3 aromatic rings. The van der Waals surface area contributed by atoms with Crippen LogP contribution in [0.25, 0.3) is 11.3 Å². The number of amides is 1. The topological polar surface area (TPSA) is 71.1 Å². The van der Waals surface area contributed by atoms with Gasteiger partial charge in [-0.15, -0.1) is 0 Å². The molecule has 0 aliphatic heterocycles. The highest BCUT2D eigenvalue weighted by atomic mass is 16.5. The Balaban J connectivity index is 1.78. The maximum Gasteiger partial charge on any atom is 0.272 e. The quantitative estimate of drug-likeness (QED) is 0.720. The largest absolute Gasteiger partial charge is 0.383 e. The SMILES string of the molecule is COCCN(Cc1cccnc1)C(=O)c1cc(-c2ccccc2)n[nH]1. The van der Waals surface area contributed by atoms with Crippen LogP contribution >= 0.6 is 0 Å². The van der Waals surface area contributed by atoms with Crippen molar-refractivity contribution in [2.45, 2.75) is 6.54 Å². The van der Waals surface area contributed by atoms with Crippen LogP contribution in [-0.4, -0.2) is 46.2 Å². The average Bonchev–Trinajstić information content (AvgIpc) is 3.16. The summed E-state index contributed by atoms with van der Waals surface area (Å²) in [5.74, 6) is -0.115. The summed E-state index contributed by atoms with van der Waals surface area (Å²) in [5.41, 5.74) is 3.14. The van der Waals surface area contributed by atoms with E-state index >= 15 is 0 Å². The summed E-state index contributed by atoms with van der Waals surface area (Å²) in [4.78, 5) is 18.7. The molecule has 6 heteroatoms. The number of pyridine rings is 1. The summed E-state index contributed by atoms with van der Waals surface area (Å²) >= 11 is 0. The normalized spacial score (nSPS) is 10.6. The van der Waals surface area contributed by atoms with Gasteiger partial charge in [0, 0.05) is 38.2 Å².